The highest BCUT2D eigenvalue weighted by molar-refractivity contribution is 5.87. The van der Waals surface area contributed by atoms with Crippen molar-refractivity contribution in [1.82, 2.24) is 0 Å². The highest BCUT2D eigenvalue weighted by atomic mass is 16.5. The fourth-order valence-electron chi connectivity index (χ4n) is 0.930. The van der Waals surface area contributed by atoms with Gasteiger partial charge in [-0.25, -0.2) is 4.79 Å². The second-order valence-electron chi connectivity index (χ2n) is 3.20. The fraction of sp³-hybridized carbons (Fsp3) is 0.0769. The molecule has 19 heavy (non-hydrogen) atoms. The van der Waals surface area contributed by atoms with Gasteiger partial charge in [0.25, 0.3) is 5.97 Å². The number of aliphatic carboxylic acids is 1. The summed E-state index contributed by atoms with van der Waals surface area (Å²) in [6, 6.07) is 4.20. The van der Waals surface area contributed by atoms with Crippen molar-refractivity contribution in [2.24, 2.45) is 0 Å². The van der Waals surface area contributed by atoms with Crippen LogP contribution in [0.15, 0.2) is 37.1 Å². The van der Waals surface area contributed by atoms with Crippen LogP contribution in [0.4, 0.5) is 0 Å². The minimum Gasteiger partial charge on any atom is -0.504 e. The molecular weight excluding hydrogens is 252 g/mol. The van der Waals surface area contributed by atoms with Crippen molar-refractivity contribution in [2.45, 2.75) is 6.92 Å². The Bertz CT molecular complexity index is 486. The van der Waals surface area contributed by atoms with Crippen molar-refractivity contribution >= 4 is 18.0 Å². The highest BCUT2D eigenvalue weighted by Gasteiger charge is 1.98. The van der Waals surface area contributed by atoms with Crippen molar-refractivity contribution in [3.63, 3.8) is 0 Å². The van der Waals surface area contributed by atoms with Gasteiger partial charge in [-0.15, -0.1) is 0 Å². The average Bonchev–Trinajstić information content (AvgIpc) is 2.30. The molecule has 0 atom stereocenters. The first kappa shape index (κ1) is 16.2. The molecule has 0 radical (unpaired) electrons. The van der Waals surface area contributed by atoms with Crippen LogP contribution in [0.1, 0.15) is 12.5 Å². The summed E-state index contributed by atoms with van der Waals surface area (Å²) >= 11 is 0. The molecule has 0 bridgehead atoms. The zero-order chi connectivity index (χ0) is 14.8. The van der Waals surface area contributed by atoms with E-state index in [0.717, 1.165) is 13.2 Å². The first-order valence-corrected chi connectivity index (χ1v) is 5.08. The molecule has 6 nitrogen and oxygen atoms in total. The third-order valence-corrected chi connectivity index (χ3v) is 1.61. The van der Waals surface area contributed by atoms with Crippen LogP contribution in [0.3, 0.4) is 0 Å². The summed E-state index contributed by atoms with van der Waals surface area (Å²) in [5.41, 5.74) is 0.575. The lowest BCUT2D eigenvalue weighted by Gasteiger charge is -1.98. The third kappa shape index (κ3) is 8.03. The molecule has 3 N–H and O–H groups in total. The van der Waals surface area contributed by atoms with Crippen LogP contribution in [0, 0.1) is 0 Å². The molecule has 0 aliphatic carbocycles. The van der Waals surface area contributed by atoms with Gasteiger partial charge in [0, 0.05) is 13.0 Å². The molecule has 0 unspecified atom stereocenters. The van der Waals surface area contributed by atoms with Crippen LogP contribution in [-0.2, 0) is 14.3 Å². The molecule has 0 aliphatic rings. The monoisotopic (exact) mass is 266 g/mol. The Morgan fingerprint density at radius 2 is 1.84 bits per heavy atom. The van der Waals surface area contributed by atoms with Crippen LogP contribution in [0.5, 0.6) is 11.5 Å². The Morgan fingerprint density at radius 1 is 1.26 bits per heavy atom. The molecular formula is C13H14O6. The maximum absolute atomic E-state index is 10.9. The number of carboxylic acid groups (broad SMARTS) is 1. The number of hydrogen-bond acceptors (Lipinski definition) is 5. The van der Waals surface area contributed by atoms with E-state index in [0.29, 0.717) is 5.56 Å². The first-order chi connectivity index (χ1) is 8.86. The number of carbonyl (C=O) groups is 2. The molecule has 1 aromatic carbocycles. The minimum atomic E-state index is -0.833. The second-order valence-corrected chi connectivity index (χ2v) is 3.20. The second kappa shape index (κ2) is 8.35. The highest BCUT2D eigenvalue weighted by Crippen LogP contribution is 2.25. The van der Waals surface area contributed by atoms with Crippen molar-refractivity contribution < 1.29 is 29.6 Å². The molecule has 102 valence electrons. The fourth-order valence-corrected chi connectivity index (χ4v) is 0.930. The number of hydrogen-bond donors (Lipinski definition) is 3. The molecule has 0 amide bonds. The molecule has 0 aliphatic heterocycles. The molecule has 0 saturated carbocycles. The normalized spacial score (nSPS) is 9.32. The van der Waals surface area contributed by atoms with Gasteiger partial charge >= 0.3 is 5.97 Å². The molecule has 0 aromatic heterocycles. The third-order valence-electron chi connectivity index (χ3n) is 1.61. The number of phenolic OH excluding ortho intramolecular Hbond substituents is 2. The molecule has 1 rings (SSSR count). The van der Waals surface area contributed by atoms with Crippen LogP contribution >= 0.6 is 0 Å². The Balaban J connectivity index is 0.000000711. The molecule has 0 spiro atoms. The van der Waals surface area contributed by atoms with Crippen LogP contribution in [-0.4, -0.2) is 27.3 Å². The van der Waals surface area contributed by atoms with Gasteiger partial charge in [-0.1, -0.05) is 12.6 Å². The smallest absolute Gasteiger partial charge is 0.335 e. The first-order valence-electron chi connectivity index (χ1n) is 5.08. The number of rotatable bonds is 3. The number of esters is 1. The van der Waals surface area contributed by atoms with E-state index in [1.54, 1.807) is 6.07 Å². The lowest BCUT2D eigenvalue weighted by Crippen LogP contribution is -1.92. The zero-order valence-electron chi connectivity index (χ0n) is 10.2. The number of carbonyl (C=O) groups excluding carboxylic acids is 1. The van der Waals surface area contributed by atoms with Gasteiger partial charge in [0.2, 0.25) is 0 Å². The van der Waals surface area contributed by atoms with Gasteiger partial charge in [-0.05, 0) is 23.8 Å². The van der Waals surface area contributed by atoms with E-state index in [9.17, 15) is 4.79 Å². The lowest BCUT2D eigenvalue weighted by molar-refractivity contribution is -0.134. The number of aromatic hydroxyl groups is 2. The van der Waals surface area contributed by atoms with Crippen LogP contribution in [0.2, 0.25) is 0 Å². The van der Waals surface area contributed by atoms with Gasteiger partial charge in [0.05, 0.1) is 6.26 Å². The van der Waals surface area contributed by atoms with E-state index < -0.39 is 11.9 Å². The molecule has 1 aromatic rings. The molecule has 0 saturated heterocycles. The van der Waals surface area contributed by atoms with Gasteiger partial charge < -0.3 is 20.1 Å². The summed E-state index contributed by atoms with van der Waals surface area (Å²) in [4.78, 5) is 19.9. The maximum atomic E-state index is 10.9. The Kier molecular flexibility index (Phi) is 7.14. The summed E-state index contributed by atoms with van der Waals surface area (Å²) in [7, 11) is 0. The summed E-state index contributed by atoms with van der Waals surface area (Å²) in [5.74, 6) is -1.84. The Morgan fingerprint density at radius 3 is 2.32 bits per heavy atom. The van der Waals surface area contributed by atoms with Crippen molar-refractivity contribution in [2.75, 3.05) is 0 Å². The summed E-state index contributed by atoms with van der Waals surface area (Å²) in [6.45, 7) is 4.31. The van der Waals surface area contributed by atoms with Gasteiger partial charge in [-0.2, -0.15) is 0 Å². The quantitative estimate of drug-likeness (QED) is 0.334. The minimum absolute atomic E-state index is 0.208. The van der Waals surface area contributed by atoms with E-state index >= 15 is 0 Å². The van der Waals surface area contributed by atoms with Crippen LogP contribution < -0.4 is 0 Å². The predicted molar refractivity (Wildman–Crippen MR) is 68.4 cm³/mol. The zero-order valence-corrected chi connectivity index (χ0v) is 10.2. The predicted octanol–water partition coefficient (Wildman–Crippen LogP) is 1.89. The largest absolute Gasteiger partial charge is 0.504 e. The van der Waals surface area contributed by atoms with Gasteiger partial charge in [0.1, 0.15) is 0 Å². The Hall–Kier alpha value is -2.76. The summed E-state index contributed by atoms with van der Waals surface area (Å²) in [5, 5.41) is 25.6. The van der Waals surface area contributed by atoms with E-state index in [4.69, 9.17) is 20.1 Å². The van der Waals surface area contributed by atoms with Crippen LogP contribution in [0.25, 0.3) is 6.08 Å². The van der Waals surface area contributed by atoms with Crippen molar-refractivity contribution in [1.29, 1.82) is 0 Å². The molecule has 0 fully saturated rings. The van der Waals surface area contributed by atoms with Gasteiger partial charge in [-0.3, -0.25) is 4.79 Å². The number of phenols is 2. The Labute approximate surface area is 109 Å². The van der Waals surface area contributed by atoms with E-state index in [-0.39, 0.29) is 11.5 Å². The van der Waals surface area contributed by atoms with E-state index in [1.165, 1.54) is 24.3 Å². The average molecular weight is 266 g/mol. The standard InChI is InChI=1S/C11H10O4.C2H4O2/c1-2-15-11(14)6-4-8-3-5-9(12)10(13)7-8;1-2(3)4/h2-7,12-13H,1H2;1H3,(H,3,4)/b6-4+;. The number of ether oxygens (including phenoxy) is 1. The van der Waals surface area contributed by atoms with Gasteiger partial charge in [0.15, 0.2) is 11.5 Å². The molecule has 6 heteroatoms. The van der Waals surface area contributed by atoms with E-state index in [1.807, 2.05) is 0 Å². The number of benzene rings is 1. The maximum Gasteiger partial charge on any atom is 0.335 e. The SMILES string of the molecule is C=COC(=O)/C=C/c1ccc(O)c(O)c1.CC(=O)O. The number of carboxylic acids is 1. The van der Waals surface area contributed by atoms with Crippen molar-refractivity contribution in [3.05, 3.63) is 42.7 Å². The molecule has 0 heterocycles. The topological polar surface area (TPSA) is 104 Å². The summed E-state index contributed by atoms with van der Waals surface area (Å²) < 4.78 is 4.44. The lowest BCUT2D eigenvalue weighted by atomic mass is 10.2. The summed E-state index contributed by atoms with van der Waals surface area (Å²) in [6.07, 6.45) is 3.67. The van der Waals surface area contributed by atoms with Crippen molar-refractivity contribution in [3.8, 4) is 11.5 Å². The van der Waals surface area contributed by atoms with E-state index in [2.05, 4.69) is 11.3 Å².